The molecule has 0 aliphatic heterocycles. The van der Waals surface area contributed by atoms with Gasteiger partial charge in [-0.25, -0.2) is 4.98 Å². The highest BCUT2D eigenvalue weighted by Gasteiger charge is 2.17. The Bertz CT molecular complexity index is 614. The Morgan fingerprint density at radius 2 is 1.90 bits per heavy atom. The Hall–Kier alpha value is -2.14. The zero-order chi connectivity index (χ0) is 14.5. The highest BCUT2D eigenvalue weighted by molar-refractivity contribution is 6.30. The second kappa shape index (κ2) is 6.34. The number of hydrogen-bond donors (Lipinski definition) is 0. The third kappa shape index (κ3) is 3.24. The molecule has 0 aliphatic rings. The van der Waals surface area contributed by atoms with Crippen molar-refractivity contribution in [1.29, 1.82) is 0 Å². The Morgan fingerprint density at radius 1 is 1.20 bits per heavy atom. The minimum absolute atomic E-state index is 0.156. The number of carbonyl (C=O) groups excluding carboxylic acids is 1. The minimum Gasteiger partial charge on any atom is -0.480 e. The van der Waals surface area contributed by atoms with Crippen LogP contribution in [0.4, 0.5) is 0 Å². The smallest absolute Gasteiger partial charge is 0.246 e. The highest BCUT2D eigenvalue weighted by Crippen LogP contribution is 2.19. The van der Waals surface area contributed by atoms with Crippen molar-refractivity contribution >= 4 is 17.4 Å². The first kappa shape index (κ1) is 14.3. The van der Waals surface area contributed by atoms with Crippen molar-refractivity contribution in [3.63, 3.8) is 0 Å². The molecule has 0 fully saturated rings. The number of benzene rings is 1. The first-order valence-electron chi connectivity index (χ1n) is 5.86. The van der Waals surface area contributed by atoms with Gasteiger partial charge in [0, 0.05) is 11.4 Å². The molecule has 20 heavy (non-hydrogen) atoms. The Kier molecular flexibility index (Phi) is 4.53. The van der Waals surface area contributed by atoms with Gasteiger partial charge in [0.05, 0.1) is 20.4 Å². The number of carbonyl (C=O) groups is 1. The van der Waals surface area contributed by atoms with Crippen molar-refractivity contribution < 1.29 is 14.3 Å². The zero-order valence-corrected chi connectivity index (χ0v) is 11.8. The van der Waals surface area contributed by atoms with E-state index in [1.54, 1.807) is 24.3 Å². The van der Waals surface area contributed by atoms with Gasteiger partial charge in [0.25, 0.3) is 0 Å². The van der Waals surface area contributed by atoms with Crippen LogP contribution in [0.25, 0.3) is 0 Å². The molecule has 6 heteroatoms. The van der Waals surface area contributed by atoms with Crippen LogP contribution in [-0.4, -0.2) is 30.0 Å². The van der Waals surface area contributed by atoms with Crippen molar-refractivity contribution in [2.45, 2.75) is 6.42 Å². The fourth-order valence-electron chi connectivity index (χ4n) is 1.66. The van der Waals surface area contributed by atoms with Crippen LogP contribution in [0.2, 0.25) is 5.02 Å². The minimum atomic E-state index is -0.181. The Balaban J connectivity index is 2.22. The van der Waals surface area contributed by atoms with E-state index in [-0.39, 0.29) is 23.8 Å². The lowest BCUT2D eigenvalue weighted by Crippen LogP contribution is -2.10. The number of rotatable bonds is 5. The number of Topliss-reactive ketones (excluding diaryl/α,β-unsaturated/α-hetero) is 1. The SMILES string of the molecule is COc1cnc(C(=O)Cc2ccc(Cl)cc2)c(OC)n1. The third-order valence-electron chi connectivity index (χ3n) is 2.66. The predicted molar refractivity (Wildman–Crippen MR) is 74.6 cm³/mol. The maximum Gasteiger partial charge on any atom is 0.246 e. The molecule has 0 atom stereocenters. The lowest BCUT2D eigenvalue weighted by Gasteiger charge is -2.07. The molecule has 104 valence electrons. The summed E-state index contributed by atoms with van der Waals surface area (Å²) in [5.74, 6) is 0.271. The summed E-state index contributed by atoms with van der Waals surface area (Å²) in [6.45, 7) is 0. The Morgan fingerprint density at radius 3 is 2.50 bits per heavy atom. The van der Waals surface area contributed by atoms with Gasteiger partial charge in [-0.3, -0.25) is 4.79 Å². The molecule has 1 heterocycles. The molecule has 0 saturated carbocycles. The molecule has 2 aromatic rings. The van der Waals surface area contributed by atoms with Crippen molar-refractivity contribution in [2.75, 3.05) is 14.2 Å². The summed E-state index contributed by atoms with van der Waals surface area (Å²) in [5, 5.41) is 0.628. The first-order chi connectivity index (χ1) is 9.63. The molecule has 0 saturated heterocycles. The summed E-state index contributed by atoms with van der Waals surface area (Å²) in [5.41, 5.74) is 1.03. The maximum atomic E-state index is 12.2. The molecular weight excluding hydrogens is 280 g/mol. The number of aromatic nitrogens is 2. The van der Waals surface area contributed by atoms with Crippen molar-refractivity contribution in [3.05, 3.63) is 46.7 Å². The van der Waals surface area contributed by atoms with Crippen molar-refractivity contribution in [2.24, 2.45) is 0 Å². The number of methoxy groups -OCH3 is 2. The molecule has 0 amide bonds. The van der Waals surface area contributed by atoms with E-state index in [9.17, 15) is 4.79 Å². The molecule has 1 aromatic carbocycles. The van der Waals surface area contributed by atoms with Gasteiger partial charge in [0.1, 0.15) is 0 Å². The van der Waals surface area contributed by atoms with Gasteiger partial charge in [-0.15, -0.1) is 0 Å². The van der Waals surface area contributed by atoms with Gasteiger partial charge >= 0.3 is 0 Å². The third-order valence-corrected chi connectivity index (χ3v) is 2.91. The fourth-order valence-corrected chi connectivity index (χ4v) is 1.79. The highest BCUT2D eigenvalue weighted by atomic mass is 35.5. The van der Waals surface area contributed by atoms with Crippen LogP contribution in [0.1, 0.15) is 16.1 Å². The second-order valence-corrected chi connectivity index (χ2v) is 4.43. The Labute approximate surface area is 121 Å². The van der Waals surface area contributed by atoms with E-state index in [0.29, 0.717) is 10.9 Å². The van der Waals surface area contributed by atoms with Crippen LogP contribution in [-0.2, 0) is 6.42 Å². The second-order valence-electron chi connectivity index (χ2n) is 4.00. The number of ether oxygens (including phenoxy) is 2. The van der Waals surface area contributed by atoms with Gasteiger partial charge in [0.2, 0.25) is 11.8 Å². The molecular formula is C14H13ClN2O3. The van der Waals surface area contributed by atoms with Gasteiger partial charge < -0.3 is 9.47 Å². The topological polar surface area (TPSA) is 61.3 Å². The zero-order valence-electron chi connectivity index (χ0n) is 11.1. The van der Waals surface area contributed by atoms with E-state index in [2.05, 4.69) is 9.97 Å². The first-order valence-corrected chi connectivity index (χ1v) is 6.24. The van der Waals surface area contributed by atoms with Crippen LogP contribution in [0.3, 0.4) is 0 Å². The molecule has 0 bridgehead atoms. The summed E-state index contributed by atoms with van der Waals surface area (Å²) in [6.07, 6.45) is 1.59. The van der Waals surface area contributed by atoms with Crippen molar-refractivity contribution in [1.82, 2.24) is 9.97 Å². The fraction of sp³-hybridized carbons (Fsp3) is 0.214. The summed E-state index contributed by atoms with van der Waals surface area (Å²) in [6, 6.07) is 7.07. The number of nitrogens with zero attached hydrogens (tertiary/aromatic N) is 2. The molecule has 0 spiro atoms. The molecule has 0 aliphatic carbocycles. The molecule has 0 unspecified atom stereocenters. The summed E-state index contributed by atoms with van der Waals surface area (Å²) in [4.78, 5) is 20.3. The van der Waals surface area contributed by atoms with Crippen LogP contribution in [0.5, 0.6) is 11.8 Å². The van der Waals surface area contributed by atoms with Gasteiger partial charge in [-0.05, 0) is 17.7 Å². The molecule has 5 nitrogen and oxygen atoms in total. The van der Waals surface area contributed by atoms with E-state index in [4.69, 9.17) is 21.1 Å². The summed E-state index contributed by atoms with van der Waals surface area (Å²) >= 11 is 5.81. The number of halogens is 1. The molecule has 1 aromatic heterocycles. The summed E-state index contributed by atoms with van der Waals surface area (Å²) in [7, 11) is 2.90. The van der Waals surface area contributed by atoms with Crippen LogP contribution in [0, 0.1) is 0 Å². The van der Waals surface area contributed by atoms with Crippen LogP contribution >= 0.6 is 11.6 Å². The van der Waals surface area contributed by atoms with E-state index >= 15 is 0 Å². The van der Waals surface area contributed by atoms with E-state index in [1.165, 1.54) is 20.4 Å². The van der Waals surface area contributed by atoms with Gasteiger partial charge in [-0.1, -0.05) is 23.7 Å². The van der Waals surface area contributed by atoms with E-state index < -0.39 is 0 Å². The number of hydrogen-bond acceptors (Lipinski definition) is 5. The molecule has 2 rings (SSSR count). The average molecular weight is 293 g/mol. The maximum absolute atomic E-state index is 12.2. The predicted octanol–water partition coefficient (Wildman–Crippen LogP) is 2.57. The largest absolute Gasteiger partial charge is 0.480 e. The monoisotopic (exact) mass is 292 g/mol. The molecule has 0 N–H and O–H groups in total. The lowest BCUT2D eigenvalue weighted by molar-refractivity contribution is 0.0984. The lowest BCUT2D eigenvalue weighted by atomic mass is 10.1. The average Bonchev–Trinajstić information content (AvgIpc) is 2.48. The molecule has 0 radical (unpaired) electrons. The van der Waals surface area contributed by atoms with Gasteiger partial charge in [-0.2, -0.15) is 4.98 Å². The quantitative estimate of drug-likeness (QED) is 0.793. The summed E-state index contributed by atoms with van der Waals surface area (Å²) < 4.78 is 10.0. The van der Waals surface area contributed by atoms with Crippen molar-refractivity contribution in [3.8, 4) is 11.8 Å². The van der Waals surface area contributed by atoms with E-state index in [0.717, 1.165) is 5.56 Å². The normalized spacial score (nSPS) is 10.2. The van der Waals surface area contributed by atoms with Gasteiger partial charge in [0.15, 0.2) is 11.5 Å². The standard InChI is InChI=1S/C14H13ClN2O3/c1-19-12-8-16-13(14(17-12)20-2)11(18)7-9-3-5-10(15)6-4-9/h3-6,8H,7H2,1-2H3. The number of ketones is 1. The van der Waals surface area contributed by atoms with E-state index in [1.807, 2.05) is 0 Å². The van der Waals surface area contributed by atoms with Crippen LogP contribution < -0.4 is 9.47 Å². The van der Waals surface area contributed by atoms with Crippen LogP contribution in [0.15, 0.2) is 30.5 Å².